The van der Waals surface area contributed by atoms with Crippen molar-refractivity contribution in [3.8, 4) is 0 Å². The number of aryl methyl sites for hydroxylation is 4. The van der Waals surface area contributed by atoms with E-state index in [1.807, 2.05) is 107 Å². The van der Waals surface area contributed by atoms with E-state index in [-0.39, 0.29) is 35.3 Å². The second kappa shape index (κ2) is 16.7. The number of anilines is 2. The maximum atomic E-state index is 13.5. The minimum atomic E-state index is -0.447. The number of hydrogen-bond donors (Lipinski definition) is 2. The third kappa shape index (κ3) is 9.20. The van der Waals surface area contributed by atoms with Crippen LogP contribution in [0.2, 0.25) is 0 Å². The maximum Gasteiger partial charge on any atom is 0.410 e. The van der Waals surface area contributed by atoms with Gasteiger partial charge in [0.25, 0.3) is 11.8 Å². The number of carbonyl (C=O) groups is 3. The molecule has 1 heterocycles. The lowest BCUT2D eigenvalue weighted by molar-refractivity contribution is 0.0813. The van der Waals surface area contributed by atoms with E-state index in [0.29, 0.717) is 37.1 Å². The van der Waals surface area contributed by atoms with Gasteiger partial charge in [-0.2, -0.15) is 0 Å². The van der Waals surface area contributed by atoms with Crippen molar-refractivity contribution in [2.75, 3.05) is 23.7 Å². The van der Waals surface area contributed by atoms with Crippen molar-refractivity contribution in [1.29, 1.82) is 0 Å². The molecule has 0 bridgehead atoms. The molecule has 2 N–H and O–H groups in total. The van der Waals surface area contributed by atoms with Gasteiger partial charge in [0.1, 0.15) is 6.61 Å². The monoisotopic (exact) mass is 777 g/mol. The van der Waals surface area contributed by atoms with E-state index < -0.39 is 5.41 Å². The van der Waals surface area contributed by atoms with E-state index >= 15 is 0 Å². The molecule has 7 heteroatoms. The first-order chi connectivity index (χ1) is 27.4. The third-order valence-electron chi connectivity index (χ3n) is 11.8. The zero-order valence-electron chi connectivity index (χ0n) is 35.9. The summed E-state index contributed by atoms with van der Waals surface area (Å²) in [5.41, 5.74) is 11.8. The number of nitrogens with one attached hydrogen (secondary N) is 2. The Kier molecular flexibility index (Phi) is 12.0. The van der Waals surface area contributed by atoms with E-state index in [4.69, 9.17) is 4.74 Å². The number of piperidine rings is 1. The molecule has 58 heavy (non-hydrogen) atoms. The molecule has 0 unspecified atom stereocenters. The summed E-state index contributed by atoms with van der Waals surface area (Å²) >= 11 is 0. The molecule has 0 spiro atoms. The average molecular weight is 778 g/mol. The topological polar surface area (TPSA) is 87.7 Å². The van der Waals surface area contributed by atoms with Gasteiger partial charge < -0.3 is 20.3 Å². The number of benzene rings is 5. The highest BCUT2D eigenvalue weighted by Crippen LogP contribution is 2.45. The number of rotatable bonds is 8. The van der Waals surface area contributed by atoms with Crippen LogP contribution in [0, 0.1) is 27.7 Å². The van der Waals surface area contributed by atoms with Gasteiger partial charge in [-0.1, -0.05) is 120 Å². The van der Waals surface area contributed by atoms with Gasteiger partial charge in [-0.05, 0) is 126 Å². The van der Waals surface area contributed by atoms with Gasteiger partial charge in [-0.25, -0.2) is 4.79 Å². The Bertz CT molecular complexity index is 2110. The second-order valence-electron chi connectivity index (χ2n) is 18.1. The molecule has 302 valence electrons. The van der Waals surface area contributed by atoms with Crippen LogP contribution in [-0.4, -0.2) is 35.9 Å². The van der Waals surface area contributed by atoms with E-state index in [2.05, 4.69) is 76.4 Å². The largest absolute Gasteiger partial charge is 0.445 e. The summed E-state index contributed by atoms with van der Waals surface area (Å²) in [5.74, 6) is -0.295. The fourth-order valence-corrected chi connectivity index (χ4v) is 8.11. The smallest absolute Gasteiger partial charge is 0.410 e. The number of carbonyl (C=O) groups excluding carboxylic acids is 3. The van der Waals surface area contributed by atoms with E-state index in [9.17, 15) is 14.4 Å². The van der Waals surface area contributed by atoms with Gasteiger partial charge in [-0.3, -0.25) is 9.59 Å². The van der Waals surface area contributed by atoms with Crippen LogP contribution in [0.5, 0.6) is 0 Å². The lowest BCUT2D eigenvalue weighted by Gasteiger charge is -2.43. The van der Waals surface area contributed by atoms with Crippen molar-refractivity contribution < 1.29 is 19.1 Å². The average Bonchev–Trinajstić information content (AvgIpc) is 3.19. The molecule has 5 aromatic carbocycles. The minimum absolute atomic E-state index is 0.00312. The summed E-state index contributed by atoms with van der Waals surface area (Å²) in [4.78, 5) is 42.2. The molecule has 5 aromatic rings. The Morgan fingerprint density at radius 2 is 0.966 bits per heavy atom. The SMILES string of the molecule is Cc1cc(C2(c3cc(C)c(NC(=O)c4ccc(C(C)(C)C)cc4)c(C)c3)CCN(C(=O)OCc3ccccc3)CC2)cc(C)c1NC(=O)c1ccc(C(C)(C)C)cc1. The third-order valence-corrected chi connectivity index (χ3v) is 11.8. The van der Waals surface area contributed by atoms with Crippen LogP contribution in [0.25, 0.3) is 0 Å². The standard InChI is InChI=1S/C51H59N3O4/c1-33-28-42(29-34(2)44(33)52-46(55)38-16-20-40(21-17-38)49(5,6)7)51(24-26-54(27-25-51)48(57)58-32-37-14-12-11-13-15-37)43-30-35(3)45(36(4)31-43)53-47(56)39-18-22-41(23-19-39)50(8,9)10/h11-23,28-31H,24-27,32H2,1-10H3,(H,52,55)(H,53,56). The van der Waals surface area contributed by atoms with Gasteiger partial charge >= 0.3 is 6.09 Å². The minimum Gasteiger partial charge on any atom is -0.445 e. The molecule has 0 aromatic heterocycles. The maximum absolute atomic E-state index is 13.5. The molecule has 0 aliphatic carbocycles. The number of nitrogens with zero attached hydrogens (tertiary/aromatic N) is 1. The number of hydrogen-bond acceptors (Lipinski definition) is 4. The fourth-order valence-electron chi connectivity index (χ4n) is 8.11. The Balaban J connectivity index is 1.30. The Labute approximate surface area is 345 Å². The summed E-state index contributed by atoms with van der Waals surface area (Å²) in [6.07, 6.45) is 1.02. The van der Waals surface area contributed by atoms with Crippen LogP contribution < -0.4 is 10.6 Å². The molecular weight excluding hydrogens is 719 g/mol. The van der Waals surface area contributed by atoms with E-state index in [0.717, 1.165) is 50.3 Å². The van der Waals surface area contributed by atoms with Gasteiger partial charge in [0.2, 0.25) is 0 Å². The highest BCUT2D eigenvalue weighted by atomic mass is 16.6. The molecule has 0 radical (unpaired) electrons. The molecule has 3 amide bonds. The van der Waals surface area contributed by atoms with Crippen LogP contribution in [0.3, 0.4) is 0 Å². The molecular formula is C51H59N3O4. The lowest BCUT2D eigenvalue weighted by atomic mass is 9.67. The van der Waals surface area contributed by atoms with Crippen molar-refractivity contribution in [2.45, 2.75) is 105 Å². The van der Waals surface area contributed by atoms with Gasteiger partial charge in [-0.15, -0.1) is 0 Å². The fraction of sp³-hybridized carbons (Fsp3) is 0.353. The zero-order chi connectivity index (χ0) is 42.0. The van der Waals surface area contributed by atoms with Crippen molar-refractivity contribution in [3.05, 3.63) is 164 Å². The number of amides is 3. The van der Waals surface area contributed by atoms with Gasteiger partial charge in [0.15, 0.2) is 0 Å². The van der Waals surface area contributed by atoms with Crippen molar-refractivity contribution >= 4 is 29.3 Å². The molecule has 1 aliphatic rings. The molecule has 1 aliphatic heterocycles. The molecule has 1 saturated heterocycles. The summed E-state index contributed by atoms with van der Waals surface area (Å²) in [5, 5.41) is 6.41. The van der Waals surface area contributed by atoms with Crippen LogP contribution in [0.15, 0.2) is 103 Å². The van der Waals surface area contributed by atoms with Crippen molar-refractivity contribution in [2.24, 2.45) is 0 Å². The number of ether oxygens (including phenoxy) is 1. The van der Waals surface area contributed by atoms with Gasteiger partial charge in [0, 0.05) is 41.0 Å². The summed E-state index contributed by atoms with van der Waals surface area (Å²) in [6.45, 7) is 22.4. The predicted octanol–water partition coefficient (Wildman–Crippen LogP) is 11.7. The Hall–Kier alpha value is -5.69. The Morgan fingerprint density at radius 3 is 1.33 bits per heavy atom. The van der Waals surface area contributed by atoms with Crippen LogP contribution in [0.4, 0.5) is 16.2 Å². The van der Waals surface area contributed by atoms with Crippen LogP contribution >= 0.6 is 0 Å². The molecule has 7 nitrogen and oxygen atoms in total. The highest BCUT2D eigenvalue weighted by molar-refractivity contribution is 6.06. The lowest BCUT2D eigenvalue weighted by Crippen LogP contribution is -2.46. The van der Waals surface area contributed by atoms with Crippen LogP contribution in [0.1, 0.15) is 125 Å². The predicted molar refractivity (Wildman–Crippen MR) is 236 cm³/mol. The van der Waals surface area contributed by atoms with Gasteiger partial charge in [0.05, 0.1) is 0 Å². The van der Waals surface area contributed by atoms with Crippen molar-refractivity contribution in [1.82, 2.24) is 4.90 Å². The second-order valence-corrected chi connectivity index (χ2v) is 18.1. The number of likely N-dealkylation sites (tertiary alicyclic amines) is 1. The molecule has 6 rings (SSSR count). The highest BCUT2D eigenvalue weighted by Gasteiger charge is 2.40. The first-order valence-corrected chi connectivity index (χ1v) is 20.4. The zero-order valence-corrected chi connectivity index (χ0v) is 35.9. The van der Waals surface area contributed by atoms with E-state index in [1.54, 1.807) is 4.90 Å². The quantitative estimate of drug-likeness (QED) is 0.164. The first kappa shape index (κ1) is 41.9. The van der Waals surface area contributed by atoms with Crippen LogP contribution in [-0.2, 0) is 27.6 Å². The van der Waals surface area contributed by atoms with Crippen molar-refractivity contribution in [3.63, 3.8) is 0 Å². The first-order valence-electron chi connectivity index (χ1n) is 20.4. The molecule has 0 saturated carbocycles. The summed E-state index contributed by atoms with van der Waals surface area (Å²) in [6, 6.07) is 34.1. The molecule has 0 atom stereocenters. The van der Waals surface area contributed by atoms with E-state index in [1.165, 1.54) is 11.1 Å². The normalized spacial score (nSPS) is 14.1. The Morgan fingerprint density at radius 1 is 0.586 bits per heavy atom. The molecule has 1 fully saturated rings. The summed E-state index contributed by atoms with van der Waals surface area (Å²) < 4.78 is 5.75. The summed E-state index contributed by atoms with van der Waals surface area (Å²) in [7, 11) is 0.